The van der Waals surface area contributed by atoms with Crippen LogP contribution in [-0.4, -0.2) is 15.9 Å². The van der Waals surface area contributed by atoms with Crippen LogP contribution in [0.4, 0.5) is 5.69 Å². The maximum Gasteiger partial charge on any atom is 0.228 e. The van der Waals surface area contributed by atoms with E-state index in [-0.39, 0.29) is 5.91 Å². The van der Waals surface area contributed by atoms with Gasteiger partial charge in [-0.2, -0.15) is 0 Å². The highest BCUT2D eigenvalue weighted by atomic mass is 16.1. The van der Waals surface area contributed by atoms with Gasteiger partial charge in [0.05, 0.1) is 18.3 Å². The molecule has 2 heterocycles. The summed E-state index contributed by atoms with van der Waals surface area (Å²) in [6, 6.07) is 7.36. The minimum atomic E-state index is -0.0538. The average Bonchev–Trinajstić information content (AvgIpc) is 2.33. The molecule has 0 saturated carbocycles. The van der Waals surface area contributed by atoms with E-state index in [0.29, 0.717) is 6.42 Å². The largest absolute Gasteiger partial charge is 0.324 e. The summed E-state index contributed by atoms with van der Waals surface area (Å²) in [5.74, 6) is -0.0538. The van der Waals surface area contributed by atoms with E-state index >= 15 is 0 Å². The van der Waals surface area contributed by atoms with Crippen LogP contribution in [0.25, 0.3) is 0 Å². The molecular weight excluding hydrogens is 214 g/mol. The van der Waals surface area contributed by atoms with E-state index in [1.54, 1.807) is 18.6 Å². The number of anilines is 1. The Morgan fingerprint density at radius 1 is 1.24 bits per heavy atom. The van der Waals surface area contributed by atoms with Crippen LogP contribution in [0.2, 0.25) is 0 Å². The van der Waals surface area contributed by atoms with E-state index in [4.69, 9.17) is 0 Å². The third-order valence-electron chi connectivity index (χ3n) is 2.31. The average molecular weight is 227 g/mol. The van der Waals surface area contributed by atoms with Crippen molar-refractivity contribution in [3.8, 4) is 0 Å². The molecule has 1 N–H and O–H groups in total. The van der Waals surface area contributed by atoms with Crippen LogP contribution >= 0.6 is 0 Å². The molecule has 2 aromatic heterocycles. The van der Waals surface area contributed by atoms with Crippen molar-refractivity contribution < 1.29 is 4.79 Å². The lowest BCUT2D eigenvalue weighted by molar-refractivity contribution is -0.115. The Labute approximate surface area is 99.7 Å². The minimum Gasteiger partial charge on any atom is -0.324 e. The predicted molar refractivity (Wildman–Crippen MR) is 65.5 cm³/mol. The van der Waals surface area contributed by atoms with Gasteiger partial charge in [-0.15, -0.1) is 0 Å². The number of pyridine rings is 2. The van der Waals surface area contributed by atoms with Gasteiger partial charge >= 0.3 is 0 Å². The van der Waals surface area contributed by atoms with Gasteiger partial charge in [0.25, 0.3) is 0 Å². The zero-order valence-electron chi connectivity index (χ0n) is 9.55. The molecule has 0 saturated heterocycles. The van der Waals surface area contributed by atoms with Crippen molar-refractivity contribution in [1.82, 2.24) is 9.97 Å². The van der Waals surface area contributed by atoms with Crippen molar-refractivity contribution >= 4 is 11.6 Å². The second-order valence-electron chi connectivity index (χ2n) is 3.77. The molecule has 0 unspecified atom stereocenters. The summed E-state index contributed by atoms with van der Waals surface area (Å²) in [5, 5.41) is 2.80. The predicted octanol–water partition coefficient (Wildman–Crippen LogP) is 1.97. The number of hydrogen-bond acceptors (Lipinski definition) is 3. The molecule has 0 aliphatic heterocycles. The van der Waals surface area contributed by atoms with Crippen molar-refractivity contribution in [2.24, 2.45) is 0 Å². The van der Waals surface area contributed by atoms with Gasteiger partial charge in [0, 0.05) is 18.1 Å². The van der Waals surface area contributed by atoms with Gasteiger partial charge in [-0.05, 0) is 36.8 Å². The molecular formula is C13H13N3O. The van der Waals surface area contributed by atoms with E-state index < -0.39 is 0 Å². The van der Waals surface area contributed by atoms with Crippen LogP contribution < -0.4 is 5.32 Å². The lowest BCUT2D eigenvalue weighted by Crippen LogP contribution is -2.14. The van der Waals surface area contributed by atoms with Crippen molar-refractivity contribution in [2.75, 3.05) is 5.32 Å². The molecule has 2 rings (SSSR count). The van der Waals surface area contributed by atoms with Gasteiger partial charge in [0.2, 0.25) is 5.91 Å². The second-order valence-corrected chi connectivity index (χ2v) is 3.77. The third kappa shape index (κ3) is 3.38. The molecule has 0 atom stereocenters. The summed E-state index contributed by atoms with van der Waals surface area (Å²) in [4.78, 5) is 19.7. The van der Waals surface area contributed by atoms with Crippen molar-refractivity contribution in [3.05, 3.63) is 54.1 Å². The topological polar surface area (TPSA) is 54.9 Å². The Kier molecular flexibility index (Phi) is 3.45. The Balaban J connectivity index is 1.96. The molecule has 0 radical (unpaired) electrons. The van der Waals surface area contributed by atoms with Gasteiger partial charge in [0.1, 0.15) is 0 Å². The van der Waals surface area contributed by atoms with Crippen molar-refractivity contribution in [3.63, 3.8) is 0 Å². The quantitative estimate of drug-likeness (QED) is 0.872. The molecule has 17 heavy (non-hydrogen) atoms. The van der Waals surface area contributed by atoms with Gasteiger partial charge in [-0.25, -0.2) is 0 Å². The summed E-state index contributed by atoms with van der Waals surface area (Å²) in [6.45, 7) is 1.91. The molecule has 0 aliphatic rings. The first-order chi connectivity index (χ1) is 8.24. The smallest absolute Gasteiger partial charge is 0.228 e. The number of aromatic nitrogens is 2. The number of nitrogens with one attached hydrogen (secondary N) is 1. The molecule has 0 spiro atoms. The number of hydrogen-bond donors (Lipinski definition) is 1. The lowest BCUT2D eigenvalue weighted by Gasteiger charge is -2.04. The van der Waals surface area contributed by atoms with E-state index in [9.17, 15) is 4.79 Å². The minimum absolute atomic E-state index is 0.0538. The fourth-order valence-corrected chi connectivity index (χ4v) is 1.43. The maximum atomic E-state index is 11.7. The van der Waals surface area contributed by atoms with Gasteiger partial charge < -0.3 is 5.32 Å². The first kappa shape index (κ1) is 11.3. The molecule has 1 amide bonds. The molecule has 0 bridgehead atoms. The Morgan fingerprint density at radius 3 is 2.65 bits per heavy atom. The van der Waals surface area contributed by atoms with E-state index in [1.165, 1.54) is 0 Å². The highest BCUT2D eigenvalue weighted by Crippen LogP contribution is 2.06. The normalized spacial score (nSPS) is 9.94. The van der Waals surface area contributed by atoms with Gasteiger partial charge in [-0.3, -0.25) is 14.8 Å². The number of rotatable bonds is 3. The molecule has 86 valence electrons. The highest BCUT2D eigenvalue weighted by Gasteiger charge is 2.03. The van der Waals surface area contributed by atoms with Crippen LogP contribution in [0, 0.1) is 6.92 Å². The van der Waals surface area contributed by atoms with E-state index in [0.717, 1.165) is 16.9 Å². The number of amides is 1. The maximum absolute atomic E-state index is 11.7. The van der Waals surface area contributed by atoms with Crippen LogP contribution in [0.5, 0.6) is 0 Å². The molecule has 4 nitrogen and oxygen atoms in total. The van der Waals surface area contributed by atoms with Crippen molar-refractivity contribution in [2.45, 2.75) is 13.3 Å². The molecule has 0 fully saturated rings. The zero-order chi connectivity index (χ0) is 12.1. The summed E-state index contributed by atoms with van der Waals surface area (Å²) in [6.07, 6.45) is 5.35. The van der Waals surface area contributed by atoms with Crippen LogP contribution in [0.15, 0.2) is 42.9 Å². The zero-order valence-corrected chi connectivity index (χ0v) is 9.55. The fourth-order valence-electron chi connectivity index (χ4n) is 1.43. The summed E-state index contributed by atoms with van der Waals surface area (Å²) in [5.41, 5.74) is 2.59. The van der Waals surface area contributed by atoms with Gasteiger partial charge in [0.15, 0.2) is 0 Å². The Hall–Kier alpha value is -2.23. The van der Waals surface area contributed by atoms with Crippen molar-refractivity contribution in [1.29, 1.82) is 0 Å². The molecule has 0 aromatic carbocycles. The third-order valence-corrected chi connectivity index (χ3v) is 2.31. The van der Waals surface area contributed by atoms with Crippen LogP contribution in [0.3, 0.4) is 0 Å². The number of carbonyl (C=O) groups excluding carboxylic acids is 1. The standard InChI is InChI=1S/C13H13N3O/c1-10-2-3-12(9-15-10)16-13(17)8-11-4-6-14-7-5-11/h2-7,9H,8H2,1H3,(H,16,17). The summed E-state index contributed by atoms with van der Waals surface area (Å²) in [7, 11) is 0. The van der Waals surface area contributed by atoms with E-state index in [1.807, 2.05) is 31.2 Å². The Morgan fingerprint density at radius 2 is 2.00 bits per heavy atom. The molecule has 0 aliphatic carbocycles. The van der Waals surface area contributed by atoms with E-state index in [2.05, 4.69) is 15.3 Å². The number of carbonyl (C=O) groups is 1. The number of aryl methyl sites for hydroxylation is 1. The van der Waals surface area contributed by atoms with Crippen LogP contribution in [-0.2, 0) is 11.2 Å². The second kappa shape index (κ2) is 5.21. The van der Waals surface area contributed by atoms with Gasteiger partial charge in [-0.1, -0.05) is 0 Å². The first-order valence-corrected chi connectivity index (χ1v) is 5.35. The molecule has 4 heteroatoms. The lowest BCUT2D eigenvalue weighted by atomic mass is 10.2. The molecule has 2 aromatic rings. The Bertz CT molecular complexity index is 494. The van der Waals surface area contributed by atoms with Crippen LogP contribution in [0.1, 0.15) is 11.3 Å². The monoisotopic (exact) mass is 227 g/mol. The fraction of sp³-hybridized carbons (Fsp3) is 0.154. The number of nitrogens with zero attached hydrogens (tertiary/aromatic N) is 2. The highest BCUT2D eigenvalue weighted by molar-refractivity contribution is 5.92. The summed E-state index contributed by atoms with van der Waals surface area (Å²) >= 11 is 0. The summed E-state index contributed by atoms with van der Waals surface area (Å²) < 4.78 is 0. The SMILES string of the molecule is Cc1ccc(NC(=O)Cc2ccncc2)cn1. The first-order valence-electron chi connectivity index (χ1n) is 5.35.